The van der Waals surface area contributed by atoms with Crippen molar-refractivity contribution in [2.75, 3.05) is 10.6 Å². The van der Waals surface area contributed by atoms with Crippen LogP contribution in [0.5, 0.6) is 0 Å². The zero-order valence-electron chi connectivity index (χ0n) is 12.8. The van der Waals surface area contributed by atoms with Gasteiger partial charge in [0.2, 0.25) is 5.91 Å². The number of nitrogens with one attached hydrogen (secondary N) is 2. The molecule has 0 fully saturated rings. The van der Waals surface area contributed by atoms with E-state index in [1.165, 1.54) is 13.0 Å². The Morgan fingerprint density at radius 3 is 2.43 bits per heavy atom. The molecule has 0 aliphatic carbocycles. The molecule has 0 unspecified atom stereocenters. The monoisotopic (exact) mass is 333 g/mol. The Bertz CT molecular complexity index is 798. The van der Waals surface area contributed by atoms with Gasteiger partial charge >= 0.3 is 0 Å². The van der Waals surface area contributed by atoms with E-state index in [1.54, 1.807) is 25.1 Å². The van der Waals surface area contributed by atoms with Crippen LogP contribution in [0.4, 0.5) is 17.1 Å². The summed E-state index contributed by atoms with van der Waals surface area (Å²) in [5, 5.41) is 16.2. The minimum Gasteiger partial charge on any atom is -0.326 e. The summed E-state index contributed by atoms with van der Waals surface area (Å²) in [6, 6.07) is 6.40. The molecule has 7 nitrogen and oxygen atoms in total. The fourth-order valence-electron chi connectivity index (χ4n) is 1.99. The van der Waals surface area contributed by atoms with Crippen LogP contribution in [-0.2, 0) is 4.79 Å². The van der Waals surface area contributed by atoms with Crippen LogP contribution in [-0.4, -0.2) is 16.7 Å². The summed E-state index contributed by atoms with van der Waals surface area (Å²) in [7, 11) is 0. The number of thiophene rings is 1. The maximum Gasteiger partial charge on any atom is 0.283 e. The van der Waals surface area contributed by atoms with Crippen molar-refractivity contribution in [2.45, 2.75) is 20.8 Å². The van der Waals surface area contributed by atoms with Gasteiger partial charge in [-0.25, -0.2) is 0 Å². The number of amides is 2. The van der Waals surface area contributed by atoms with E-state index < -0.39 is 10.8 Å². The molecule has 2 N–H and O–H groups in total. The van der Waals surface area contributed by atoms with Crippen LogP contribution in [0.15, 0.2) is 24.3 Å². The van der Waals surface area contributed by atoms with Crippen LogP contribution in [0.2, 0.25) is 0 Å². The smallest absolute Gasteiger partial charge is 0.283 e. The normalized spacial score (nSPS) is 10.2. The van der Waals surface area contributed by atoms with Gasteiger partial charge in [0.15, 0.2) is 0 Å². The van der Waals surface area contributed by atoms with Crippen LogP contribution >= 0.6 is 11.3 Å². The molecule has 1 aromatic carbocycles. The fourth-order valence-corrected chi connectivity index (χ4v) is 2.87. The second-order valence-electron chi connectivity index (χ2n) is 4.97. The third-order valence-corrected chi connectivity index (χ3v) is 4.16. The van der Waals surface area contributed by atoms with E-state index in [9.17, 15) is 19.7 Å². The predicted molar refractivity (Wildman–Crippen MR) is 89.1 cm³/mol. The Morgan fingerprint density at radius 2 is 1.87 bits per heavy atom. The van der Waals surface area contributed by atoms with Gasteiger partial charge in [-0.3, -0.25) is 19.7 Å². The number of carbonyl (C=O) groups excluding carboxylic acids is 2. The molecule has 0 aliphatic heterocycles. The third kappa shape index (κ3) is 3.92. The van der Waals surface area contributed by atoms with Crippen molar-refractivity contribution in [1.29, 1.82) is 0 Å². The number of hydrogen-bond acceptors (Lipinski definition) is 5. The highest BCUT2D eigenvalue weighted by molar-refractivity contribution is 7.14. The lowest BCUT2D eigenvalue weighted by Gasteiger charge is -2.10. The van der Waals surface area contributed by atoms with Crippen LogP contribution in [0, 0.1) is 24.0 Å². The van der Waals surface area contributed by atoms with E-state index in [-0.39, 0.29) is 16.5 Å². The lowest BCUT2D eigenvalue weighted by Crippen LogP contribution is -2.12. The van der Waals surface area contributed by atoms with Gasteiger partial charge < -0.3 is 10.6 Å². The number of nitrogens with zero attached hydrogens (tertiary/aromatic N) is 1. The minimum atomic E-state index is -0.509. The molecular weight excluding hydrogens is 318 g/mol. The Kier molecular flexibility index (Phi) is 4.75. The molecule has 2 amide bonds. The molecule has 1 heterocycles. The molecule has 8 heteroatoms. The second-order valence-corrected chi connectivity index (χ2v) is 6.23. The van der Waals surface area contributed by atoms with Crippen molar-refractivity contribution in [3.05, 3.63) is 49.7 Å². The SMILES string of the molecule is CC(=O)Nc1ccc(C)c(NC(=O)c2cc([N+](=O)[O-])c(C)s2)c1. The van der Waals surface area contributed by atoms with E-state index in [4.69, 9.17) is 0 Å². The fraction of sp³-hybridized carbons (Fsp3) is 0.200. The van der Waals surface area contributed by atoms with E-state index in [1.807, 2.05) is 6.92 Å². The van der Waals surface area contributed by atoms with Gasteiger partial charge in [-0.05, 0) is 31.5 Å². The summed E-state index contributed by atoms with van der Waals surface area (Å²) in [6.45, 7) is 4.81. The maximum absolute atomic E-state index is 12.3. The molecule has 0 saturated heterocycles. The Balaban J connectivity index is 2.24. The molecule has 0 spiro atoms. The lowest BCUT2D eigenvalue weighted by molar-refractivity contribution is -0.385. The molecule has 0 atom stereocenters. The Hall–Kier alpha value is -2.74. The van der Waals surface area contributed by atoms with Crippen molar-refractivity contribution < 1.29 is 14.5 Å². The van der Waals surface area contributed by atoms with Crippen LogP contribution in [0.3, 0.4) is 0 Å². The molecule has 2 rings (SSSR count). The molecular formula is C15H15N3O4S. The lowest BCUT2D eigenvalue weighted by atomic mass is 10.1. The van der Waals surface area contributed by atoms with Crippen molar-refractivity contribution in [1.82, 2.24) is 0 Å². The van der Waals surface area contributed by atoms with Gasteiger partial charge in [-0.2, -0.15) is 0 Å². The Morgan fingerprint density at radius 1 is 1.17 bits per heavy atom. The molecule has 0 aliphatic rings. The first-order valence-corrected chi connectivity index (χ1v) is 7.54. The van der Waals surface area contributed by atoms with Crippen LogP contribution < -0.4 is 10.6 Å². The number of aryl methyl sites for hydroxylation is 2. The first-order valence-electron chi connectivity index (χ1n) is 6.72. The van der Waals surface area contributed by atoms with Gasteiger partial charge in [-0.1, -0.05) is 6.07 Å². The highest BCUT2D eigenvalue weighted by Crippen LogP contribution is 2.29. The van der Waals surface area contributed by atoms with E-state index in [0.29, 0.717) is 16.3 Å². The topological polar surface area (TPSA) is 101 Å². The highest BCUT2D eigenvalue weighted by Gasteiger charge is 2.20. The van der Waals surface area contributed by atoms with Crippen molar-refractivity contribution in [3.63, 3.8) is 0 Å². The predicted octanol–water partition coefficient (Wildman–Crippen LogP) is 3.48. The van der Waals surface area contributed by atoms with Gasteiger partial charge in [0.05, 0.1) is 14.7 Å². The number of benzene rings is 1. The second kappa shape index (κ2) is 6.57. The van der Waals surface area contributed by atoms with Crippen LogP contribution in [0.25, 0.3) is 0 Å². The van der Waals surface area contributed by atoms with Gasteiger partial charge in [0.1, 0.15) is 0 Å². The molecule has 2 aromatic rings. The Labute approximate surface area is 136 Å². The highest BCUT2D eigenvalue weighted by atomic mass is 32.1. The summed E-state index contributed by atoms with van der Waals surface area (Å²) in [4.78, 5) is 34.5. The zero-order valence-corrected chi connectivity index (χ0v) is 13.6. The summed E-state index contributed by atoms with van der Waals surface area (Å²) in [6.07, 6.45) is 0. The van der Waals surface area contributed by atoms with Crippen molar-refractivity contribution in [2.24, 2.45) is 0 Å². The average Bonchev–Trinajstić information content (AvgIpc) is 2.84. The minimum absolute atomic E-state index is 0.0659. The summed E-state index contributed by atoms with van der Waals surface area (Å²) in [5.74, 6) is -0.634. The largest absolute Gasteiger partial charge is 0.326 e. The standard InChI is InChI=1S/C15H15N3O4S/c1-8-4-5-11(16-10(3)19)6-12(8)17-15(20)14-7-13(18(21)22)9(2)23-14/h4-7H,1-3H3,(H,16,19)(H,17,20). The third-order valence-electron chi connectivity index (χ3n) is 3.12. The number of carbonyl (C=O) groups is 2. The molecule has 23 heavy (non-hydrogen) atoms. The maximum atomic E-state index is 12.3. The average molecular weight is 333 g/mol. The van der Waals surface area contributed by atoms with E-state index in [0.717, 1.165) is 16.9 Å². The number of anilines is 2. The molecule has 0 bridgehead atoms. The summed E-state index contributed by atoms with van der Waals surface area (Å²) in [5.41, 5.74) is 1.85. The van der Waals surface area contributed by atoms with Gasteiger partial charge in [-0.15, -0.1) is 11.3 Å². The molecule has 0 radical (unpaired) electrons. The molecule has 0 saturated carbocycles. The van der Waals surface area contributed by atoms with Crippen molar-refractivity contribution in [3.8, 4) is 0 Å². The molecule has 1 aromatic heterocycles. The first kappa shape index (κ1) is 16.6. The van der Waals surface area contributed by atoms with Crippen molar-refractivity contribution >= 4 is 40.2 Å². The number of rotatable bonds is 4. The van der Waals surface area contributed by atoms with Gasteiger partial charge in [0.25, 0.3) is 11.6 Å². The van der Waals surface area contributed by atoms with E-state index >= 15 is 0 Å². The van der Waals surface area contributed by atoms with E-state index in [2.05, 4.69) is 10.6 Å². The quantitative estimate of drug-likeness (QED) is 0.660. The number of nitro groups is 1. The zero-order chi connectivity index (χ0) is 17.1. The molecule has 120 valence electrons. The van der Waals surface area contributed by atoms with Crippen LogP contribution in [0.1, 0.15) is 27.0 Å². The summed E-state index contributed by atoms with van der Waals surface area (Å²) >= 11 is 1.07. The van der Waals surface area contributed by atoms with Gasteiger partial charge in [0, 0.05) is 24.4 Å². The number of hydrogen-bond donors (Lipinski definition) is 2. The first-order chi connectivity index (χ1) is 10.8. The summed E-state index contributed by atoms with van der Waals surface area (Å²) < 4.78 is 0.